The molecule has 0 fully saturated rings. The molecule has 0 radical (unpaired) electrons. The van der Waals surface area contributed by atoms with E-state index < -0.39 is 17.7 Å². The van der Waals surface area contributed by atoms with Gasteiger partial charge in [-0.25, -0.2) is 0 Å². The highest BCUT2D eigenvalue weighted by molar-refractivity contribution is 5.98. The largest absolute Gasteiger partial charge is 0.493 e. The summed E-state index contributed by atoms with van der Waals surface area (Å²) in [6, 6.07) is 9.00. The molecule has 0 atom stereocenters. The molecule has 2 rings (SSSR count). The van der Waals surface area contributed by atoms with E-state index in [0.717, 1.165) is 18.5 Å². The number of halogens is 3. The minimum Gasteiger partial charge on any atom is -0.493 e. The summed E-state index contributed by atoms with van der Waals surface area (Å²) in [7, 11) is 1.41. The van der Waals surface area contributed by atoms with Crippen LogP contribution in [0.1, 0.15) is 34.3 Å². The molecule has 0 amide bonds. The lowest BCUT2D eigenvalue weighted by molar-refractivity contribution is -0.138. The van der Waals surface area contributed by atoms with Crippen molar-refractivity contribution in [1.29, 1.82) is 0 Å². The first kappa shape index (κ1) is 21.9. The van der Waals surface area contributed by atoms with Crippen molar-refractivity contribution in [2.24, 2.45) is 4.99 Å². The molecule has 1 N–H and O–H groups in total. The number of hydrogen-bond acceptors (Lipinski definition) is 5. The van der Waals surface area contributed by atoms with Crippen molar-refractivity contribution in [3.63, 3.8) is 0 Å². The number of carboxylic acid groups (broad SMARTS) is 1. The lowest BCUT2D eigenvalue weighted by atomic mass is 10.1. The number of alkyl halides is 3. The van der Waals surface area contributed by atoms with Crippen molar-refractivity contribution < 1.29 is 37.3 Å². The Morgan fingerprint density at radius 3 is 2.34 bits per heavy atom. The molecule has 0 heterocycles. The number of hydrogen-bond donors (Lipinski definition) is 1. The van der Waals surface area contributed by atoms with E-state index in [2.05, 4.69) is 4.99 Å². The number of nitrogens with zero attached hydrogens (tertiary/aromatic N) is 1. The summed E-state index contributed by atoms with van der Waals surface area (Å²) < 4.78 is 48.2. The second kappa shape index (κ2) is 9.72. The molecule has 2 aromatic rings. The smallest absolute Gasteiger partial charge is 0.416 e. The quantitative estimate of drug-likeness (QED) is 0.378. The van der Waals surface area contributed by atoms with Crippen LogP contribution in [0.4, 0.5) is 13.2 Å². The lowest BCUT2D eigenvalue weighted by Crippen LogP contribution is -2.05. The molecular weight excluding hydrogens is 391 g/mol. The summed E-state index contributed by atoms with van der Waals surface area (Å²) in [6.07, 6.45) is -3.73. The fraction of sp³-hybridized carbons (Fsp3) is 0.250. The normalized spacial score (nSPS) is 11.4. The van der Waals surface area contributed by atoms with Gasteiger partial charge in [0.25, 0.3) is 0 Å². The minimum atomic E-state index is -4.39. The van der Waals surface area contributed by atoms with Gasteiger partial charge in [-0.1, -0.05) is 12.1 Å². The zero-order chi connectivity index (χ0) is 21.4. The molecule has 0 aliphatic rings. The molecule has 29 heavy (non-hydrogen) atoms. The summed E-state index contributed by atoms with van der Waals surface area (Å²) in [5.74, 6) is -0.897. The Labute approximate surface area is 164 Å². The molecule has 9 heteroatoms. The van der Waals surface area contributed by atoms with E-state index in [-0.39, 0.29) is 36.5 Å². The van der Waals surface area contributed by atoms with E-state index in [1.165, 1.54) is 37.4 Å². The summed E-state index contributed by atoms with van der Waals surface area (Å²) in [6.45, 7) is 0.0949. The van der Waals surface area contributed by atoms with E-state index in [9.17, 15) is 22.8 Å². The second-order valence-corrected chi connectivity index (χ2v) is 5.94. The second-order valence-electron chi connectivity index (χ2n) is 5.94. The van der Waals surface area contributed by atoms with Crippen LogP contribution in [0.15, 0.2) is 47.5 Å². The van der Waals surface area contributed by atoms with Crippen molar-refractivity contribution in [1.82, 2.24) is 0 Å². The Kier molecular flexibility index (Phi) is 7.35. The van der Waals surface area contributed by atoms with Gasteiger partial charge in [-0.05, 0) is 35.9 Å². The van der Waals surface area contributed by atoms with Crippen LogP contribution in [0, 0.1) is 0 Å². The van der Waals surface area contributed by atoms with Crippen LogP contribution in [0.5, 0.6) is 11.5 Å². The van der Waals surface area contributed by atoms with E-state index >= 15 is 0 Å². The predicted molar refractivity (Wildman–Crippen MR) is 98.5 cm³/mol. The molecule has 0 aliphatic carbocycles. The van der Waals surface area contributed by atoms with Gasteiger partial charge in [0, 0.05) is 12.0 Å². The minimum absolute atomic E-state index is 0.0949. The van der Waals surface area contributed by atoms with Crippen LogP contribution in [-0.4, -0.2) is 30.4 Å². The zero-order valence-corrected chi connectivity index (χ0v) is 15.4. The first-order valence-electron chi connectivity index (χ1n) is 8.45. The number of carboxylic acids is 1. The number of aliphatic carboxylic acids is 1. The fourth-order valence-corrected chi connectivity index (χ4v) is 2.34. The van der Waals surface area contributed by atoms with E-state index in [4.69, 9.17) is 14.6 Å². The Bertz CT molecular complexity index is 892. The number of methoxy groups -OCH3 is 1. The van der Waals surface area contributed by atoms with Crippen molar-refractivity contribution >= 4 is 18.2 Å². The van der Waals surface area contributed by atoms with Gasteiger partial charge < -0.3 is 14.6 Å². The van der Waals surface area contributed by atoms with Gasteiger partial charge in [0.2, 0.25) is 0 Å². The Morgan fingerprint density at radius 1 is 1.07 bits per heavy atom. The molecular formula is C20H18F3NO5. The molecule has 0 spiro atoms. The fourth-order valence-electron chi connectivity index (χ4n) is 2.34. The monoisotopic (exact) mass is 409 g/mol. The summed E-state index contributed by atoms with van der Waals surface area (Å²) >= 11 is 0. The van der Waals surface area contributed by atoms with Crippen LogP contribution >= 0.6 is 0 Å². The SMILES string of the molecule is COc1ccc(C(=O)CCC(=O)O)cc1OC=NCc1ccc(C(F)(F)F)cc1. The maximum atomic E-state index is 12.5. The van der Waals surface area contributed by atoms with E-state index in [1.807, 2.05) is 0 Å². The molecule has 0 aromatic heterocycles. The van der Waals surface area contributed by atoms with Crippen LogP contribution in [0.3, 0.4) is 0 Å². The number of ether oxygens (including phenoxy) is 2. The van der Waals surface area contributed by atoms with Crippen molar-refractivity contribution in [3.05, 3.63) is 59.2 Å². The Hall–Kier alpha value is -3.36. The molecule has 0 unspecified atom stereocenters. The molecule has 0 saturated carbocycles. The summed E-state index contributed by atoms with van der Waals surface area (Å²) in [5.41, 5.74) is 0.0798. The molecule has 154 valence electrons. The standard InChI is InChI=1S/C20H18F3NO5/c1-28-17-8-4-14(16(25)7-9-19(26)27)10-18(17)29-12-24-11-13-2-5-15(6-3-13)20(21,22)23/h2-6,8,10,12H,7,9,11H2,1H3,(H,26,27). The lowest BCUT2D eigenvalue weighted by Gasteiger charge is -2.09. The van der Waals surface area contributed by atoms with Gasteiger partial charge in [-0.2, -0.15) is 13.2 Å². The Morgan fingerprint density at radius 2 is 1.76 bits per heavy atom. The molecule has 6 nitrogen and oxygen atoms in total. The zero-order valence-electron chi connectivity index (χ0n) is 15.4. The van der Waals surface area contributed by atoms with Crippen molar-refractivity contribution in [2.45, 2.75) is 25.6 Å². The highest BCUT2D eigenvalue weighted by Gasteiger charge is 2.29. The topological polar surface area (TPSA) is 85.2 Å². The number of aliphatic imine (C=N–C) groups is 1. The molecule has 0 aliphatic heterocycles. The number of carbonyl (C=O) groups is 2. The number of Topliss-reactive ketones (excluding diaryl/α,β-unsaturated/α-hetero) is 1. The predicted octanol–water partition coefficient (Wildman–Crippen LogP) is 4.37. The number of ketones is 1. The maximum absolute atomic E-state index is 12.5. The van der Waals surface area contributed by atoms with Crippen molar-refractivity contribution in [2.75, 3.05) is 7.11 Å². The summed E-state index contributed by atoms with van der Waals surface area (Å²) in [5, 5.41) is 8.67. The Balaban J connectivity index is 2.02. The van der Waals surface area contributed by atoms with Crippen LogP contribution in [0.2, 0.25) is 0 Å². The average Bonchev–Trinajstić information content (AvgIpc) is 2.68. The summed E-state index contributed by atoms with van der Waals surface area (Å²) in [4.78, 5) is 26.6. The molecule has 0 bridgehead atoms. The first-order valence-corrected chi connectivity index (χ1v) is 8.45. The van der Waals surface area contributed by atoms with Crippen LogP contribution < -0.4 is 9.47 Å². The van der Waals surface area contributed by atoms with Gasteiger partial charge in [0.05, 0.1) is 25.6 Å². The average molecular weight is 409 g/mol. The van der Waals surface area contributed by atoms with Gasteiger partial charge >= 0.3 is 12.1 Å². The van der Waals surface area contributed by atoms with Gasteiger partial charge in [-0.15, -0.1) is 0 Å². The number of carbonyl (C=O) groups excluding carboxylic acids is 1. The molecule has 0 saturated heterocycles. The van der Waals surface area contributed by atoms with E-state index in [0.29, 0.717) is 11.3 Å². The third kappa shape index (κ3) is 6.63. The van der Waals surface area contributed by atoms with E-state index in [1.54, 1.807) is 0 Å². The molecule has 2 aromatic carbocycles. The number of rotatable bonds is 9. The van der Waals surface area contributed by atoms with Crippen LogP contribution in [0.25, 0.3) is 0 Å². The van der Waals surface area contributed by atoms with Gasteiger partial charge in [0.15, 0.2) is 23.7 Å². The highest BCUT2D eigenvalue weighted by Crippen LogP contribution is 2.30. The van der Waals surface area contributed by atoms with Gasteiger partial charge in [0.1, 0.15) is 0 Å². The maximum Gasteiger partial charge on any atom is 0.416 e. The van der Waals surface area contributed by atoms with Gasteiger partial charge in [-0.3, -0.25) is 14.6 Å². The first-order chi connectivity index (χ1) is 13.7. The number of benzene rings is 2. The van der Waals surface area contributed by atoms with Crippen molar-refractivity contribution in [3.8, 4) is 11.5 Å². The third-order valence-electron chi connectivity index (χ3n) is 3.86. The van der Waals surface area contributed by atoms with Crippen LogP contribution in [-0.2, 0) is 17.5 Å². The highest BCUT2D eigenvalue weighted by atomic mass is 19.4. The third-order valence-corrected chi connectivity index (χ3v) is 3.86.